The van der Waals surface area contributed by atoms with Gasteiger partial charge in [-0.3, -0.25) is 0 Å². The van der Waals surface area contributed by atoms with E-state index in [1.807, 2.05) is 12.1 Å². The van der Waals surface area contributed by atoms with Crippen LogP contribution in [0.5, 0.6) is 0 Å². The molecule has 0 aliphatic heterocycles. The maximum atomic E-state index is 6.22. The van der Waals surface area contributed by atoms with Crippen LogP contribution in [0.3, 0.4) is 0 Å². The summed E-state index contributed by atoms with van der Waals surface area (Å²) in [5, 5.41) is 4.69. The Bertz CT molecular complexity index is 2770. The molecule has 51 heavy (non-hydrogen) atoms. The summed E-state index contributed by atoms with van der Waals surface area (Å²) in [4.78, 5) is 2.39. The van der Waals surface area contributed by atoms with Gasteiger partial charge in [-0.15, -0.1) is 0 Å². The number of anilines is 3. The Kier molecular flexibility index (Phi) is 6.56. The van der Waals surface area contributed by atoms with Crippen LogP contribution in [0, 0.1) is 0 Å². The van der Waals surface area contributed by atoms with Crippen molar-refractivity contribution in [1.82, 2.24) is 0 Å². The first-order valence-corrected chi connectivity index (χ1v) is 17.7. The highest BCUT2D eigenvalue weighted by molar-refractivity contribution is 6.10. The van der Waals surface area contributed by atoms with Gasteiger partial charge in [0.2, 0.25) is 0 Å². The molecule has 1 aliphatic carbocycles. The Labute approximate surface area is 297 Å². The maximum Gasteiger partial charge on any atom is 0.136 e. The van der Waals surface area contributed by atoms with E-state index in [9.17, 15) is 0 Å². The van der Waals surface area contributed by atoms with E-state index in [0.717, 1.165) is 39.0 Å². The number of rotatable bonds is 5. The van der Waals surface area contributed by atoms with E-state index in [1.54, 1.807) is 0 Å². The topological polar surface area (TPSA) is 16.4 Å². The Balaban J connectivity index is 1.08. The molecule has 9 aromatic rings. The van der Waals surface area contributed by atoms with Crippen LogP contribution in [0.25, 0.3) is 66.1 Å². The zero-order valence-electron chi connectivity index (χ0n) is 28.6. The molecule has 1 aromatic heterocycles. The van der Waals surface area contributed by atoms with Gasteiger partial charge < -0.3 is 9.32 Å². The molecule has 0 radical (unpaired) electrons. The minimum absolute atomic E-state index is 0.0415. The second kappa shape index (κ2) is 11.3. The van der Waals surface area contributed by atoms with Gasteiger partial charge in [0, 0.05) is 33.2 Å². The average molecular weight is 654 g/mol. The van der Waals surface area contributed by atoms with Gasteiger partial charge in [0.05, 0.1) is 0 Å². The summed E-state index contributed by atoms with van der Waals surface area (Å²) in [5.74, 6) is 0. The van der Waals surface area contributed by atoms with Crippen LogP contribution in [0.2, 0.25) is 0 Å². The van der Waals surface area contributed by atoms with Crippen LogP contribution in [-0.2, 0) is 5.41 Å². The normalized spacial score (nSPS) is 13.1. The molecule has 0 unspecified atom stereocenters. The Morgan fingerprint density at radius 2 is 1.06 bits per heavy atom. The summed E-state index contributed by atoms with van der Waals surface area (Å²) >= 11 is 0. The van der Waals surface area contributed by atoms with Gasteiger partial charge in [0.1, 0.15) is 11.2 Å². The Morgan fingerprint density at radius 3 is 1.94 bits per heavy atom. The molecular formula is C49H35NO. The molecule has 0 fully saturated rings. The van der Waals surface area contributed by atoms with Crippen molar-refractivity contribution < 1.29 is 4.42 Å². The first kappa shape index (κ1) is 29.5. The van der Waals surface area contributed by atoms with E-state index in [1.165, 1.54) is 55.3 Å². The Morgan fingerprint density at radius 1 is 0.392 bits per heavy atom. The quantitative estimate of drug-likeness (QED) is 0.184. The zero-order chi connectivity index (χ0) is 34.1. The second-order valence-electron chi connectivity index (χ2n) is 14.2. The smallest absolute Gasteiger partial charge is 0.136 e. The predicted molar refractivity (Wildman–Crippen MR) is 214 cm³/mol. The number of furan rings is 1. The van der Waals surface area contributed by atoms with Gasteiger partial charge in [0.25, 0.3) is 0 Å². The molecule has 0 spiro atoms. The summed E-state index contributed by atoms with van der Waals surface area (Å²) in [6.45, 7) is 4.67. The van der Waals surface area contributed by atoms with E-state index >= 15 is 0 Å². The fourth-order valence-corrected chi connectivity index (χ4v) is 8.20. The average Bonchev–Trinajstić information content (AvgIpc) is 3.65. The first-order chi connectivity index (χ1) is 25.0. The van der Waals surface area contributed by atoms with Gasteiger partial charge in [0.15, 0.2) is 0 Å². The zero-order valence-corrected chi connectivity index (χ0v) is 28.6. The van der Waals surface area contributed by atoms with Crippen molar-refractivity contribution in [2.24, 2.45) is 0 Å². The van der Waals surface area contributed by atoms with E-state index in [-0.39, 0.29) is 5.41 Å². The lowest BCUT2D eigenvalue weighted by Gasteiger charge is -2.28. The second-order valence-corrected chi connectivity index (χ2v) is 14.2. The lowest BCUT2D eigenvalue weighted by molar-refractivity contribution is 0.660. The highest BCUT2D eigenvalue weighted by Gasteiger charge is 2.35. The molecule has 8 aromatic carbocycles. The van der Waals surface area contributed by atoms with Crippen molar-refractivity contribution in [3.63, 3.8) is 0 Å². The molecule has 0 saturated carbocycles. The van der Waals surface area contributed by atoms with E-state index in [4.69, 9.17) is 4.42 Å². The van der Waals surface area contributed by atoms with Crippen molar-refractivity contribution in [2.45, 2.75) is 19.3 Å². The van der Waals surface area contributed by atoms with Crippen LogP contribution in [0.1, 0.15) is 25.0 Å². The number of fused-ring (bicyclic) bond motifs is 7. The summed E-state index contributed by atoms with van der Waals surface area (Å²) in [7, 11) is 0. The Hall–Kier alpha value is -6.38. The third-order valence-electron chi connectivity index (χ3n) is 10.8. The molecule has 0 saturated heterocycles. The minimum atomic E-state index is -0.0415. The molecule has 0 atom stereocenters. The summed E-state index contributed by atoms with van der Waals surface area (Å²) in [5.41, 5.74) is 15.3. The van der Waals surface area contributed by atoms with Crippen LogP contribution in [0.15, 0.2) is 180 Å². The third kappa shape index (κ3) is 4.79. The van der Waals surface area contributed by atoms with Crippen molar-refractivity contribution in [2.75, 3.05) is 4.90 Å². The summed E-state index contributed by atoms with van der Waals surface area (Å²) in [6.07, 6.45) is 0. The van der Waals surface area contributed by atoms with Crippen LogP contribution >= 0.6 is 0 Å². The van der Waals surface area contributed by atoms with E-state index < -0.39 is 0 Å². The molecule has 242 valence electrons. The molecule has 1 aliphatic rings. The van der Waals surface area contributed by atoms with Gasteiger partial charge in [-0.25, -0.2) is 0 Å². The molecule has 2 nitrogen and oxygen atoms in total. The minimum Gasteiger partial charge on any atom is -0.456 e. The fourth-order valence-electron chi connectivity index (χ4n) is 8.20. The molecule has 2 heteroatoms. The van der Waals surface area contributed by atoms with Crippen molar-refractivity contribution >= 4 is 49.8 Å². The molecule has 0 N–H and O–H groups in total. The largest absolute Gasteiger partial charge is 0.456 e. The van der Waals surface area contributed by atoms with Gasteiger partial charge in [-0.2, -0.15) is 0 Å². The van der Waals surface area contributed by atoms with Crippen LogP contribution in [0.4, 0.5) is 17.1 Å². The number of hydrogen-bond donors (Lipinski definition) is 0. The van der Waals surface area contributed by atoms with Crippen LogP contribution in [-0.4, -0.2) is 0 Å². The molecule has 10 rings (SSSR count). The van der Waals surface area contributed by atoms with Crippen LogP contribution < -0.4 is 4.90 Å². The predicted octanol–water partition coefficient (Wildman–Crippen LogP) is 13.8. The maximum absolute atomic E-state index is 6.22. The summed E-state index contributed by atoms with van der Waals surface area (Å²) < 4.78 is 6.22. The van der Waals surface area contributed by atoms with E-state index in [2.05, 4.69) is 183 Å². The number of benzene rings is 8. The van der Waals surface area contributed by atoms with Gasteiger partial charge in [-0.1, -0.05) is 129 Å². The van der Waals surface area contributed by atoms with Crippen molar-refractivity contribution in [3.8, 4) is 33.4 Å². The molecular weight excluding hydrogens is 619 g/mol. The SMILES string of the molecule is CC1(C)c2ccccc2-c2cc(N(c3ccc(-c4ccc5cc6c(cc5c4)oc4ccccc46)cc3)c3cccc(-c4ccccc4)c3)ccc21. The lowest BCUT2D eigenvalue weighted by Crippen LogP contribution is -2.15. The third-order valence-corrected chi connectivity index (χ3v) is 10.8. The van der Waals surface area contributed by atoms with E-state index in [0.29, 0.717) is 0 Å². The first-order valence-electron chi connectivity index (χ1n) is 17.7. The highest BCUT2D eigenvalue weighted by atomic mass is 16.3. The lowest BCUT2D eigenvalue weighted by atomic mass is 9.82. The molecule has 0 bridgehead atoms. The highest BCUT2D eigenvalue weighted by Crippen LogP contribution is 2.50. The number of para-hydroxylation sites is 1. The molecule has 1 heterocycles. The number of hydrogen-bond acceptors (Lipinski definition) is 2. The van der Waals surface area contributed by atoms with Gasteiger partial charge in [-0.05, 0) is 116 Å². The molecule has 0 amide bonds. The fraction of sp³-hybridized carbons (Fsp3) is 0.0612. The standard InChI is InChI=1S/C49H35NO/c1-49(2)45-17-8-6-15-41(45)43-31-40(25-26-46(43)49)50(39-14-10-13-34(28-39)32-11-4-3-5-12-32)38-23-21-33(22-24-38)35-19-20-36-29-44-42-16-7-9-18-47(42)51-48(44)30-37(36)27-35/h3-31H,1-2H3. The monoisotopic (exact) mass is 653 g/mol. The van der Waals surface area contributed by atoms with Crippen molar-refractivity contribution in [1.29, 1.82) is 0 Å². The number of nitrogens with zero attached hydrogens (tertiary/aromatic N) is 1. The van der Waals surface area contributed by atoms with Gasteiger partial charge >= 0.3 is 0 Å². The summed E-state index contributed by atoms with van der Waals surface area (Å²) in [6, 6.07) is 63.8. The van der Waals surface area contributed by atoms with Crippen molar-refractivity contribution in [3.05, 3.63) is 187 Å².